The highest BCUT2D eigenvalue weighted by atomic mass is 16.2. The molecule has 0 spiro atoms. The van der Waals surface area contributed by atoms with Gasteiger partial charge >= 0.3 is 0 Å². The summed E-state index contributed by atoms with van der Waals surface area (Å²) in [6, 6.07) is 18.4. The quantitative estimate of drug-likeness (QED) is 0.640. The number of rotatable bonds is 7. The molecule has 1 saturated heterocycles. The molecule has 0 atom stereocenters. The molecule has 1 aromatic heterocycles. The number of nitrogens with zero attached hydrogens (tertiary/aromatic N) is 3. The van der Waals surface area contributed by atoms with Crippen LogP contribution in [-0.2, 0) is 22.7 Å². The second-order valence-corrected chi connectivity index (χ2v) is 7.96. The molecule has 2 heterocycles. The van der Waals surface area contributed by atoms with Crippen molar-refractivity contribution in [3.63, 3.8) is 0 Å². The van der Waals surface area contributed by atoms with Gasteiger partial charge in [-0.3, -0.25) is 14.3 Å². The lowest BCUT2D eigenvalue weighted by molar-refractivity contribution is -0.135. The van der Waals surface area contributed by atoms with Gasteiger partial charge in [-0.1, -0.05) is 55.0 Å². The van der Waals surface area contributed by atoms with Crippen LogP contribution in [0.2, 0.25) is 0 Å². The molecule has 6 heteroatoms. The molecule has 2 aromatic carbocycles. The molecule has 3 aromatic rings. The summed E-state index contributed by atoms with van der Waals surface area (Å²) < 4.78 is 1.90. The Bertz CT molecular complexity index is 1010. The van der Waals surface area contributed by atoms with E-state index in [1.165, 1.54) is 5.56 Å². The first kappa shape index (κ1) is 20.8. The fourth-order valence-electron chi connectivity index (χ4n) is 3.96. The van der Waals surface area contributed by atoms with Crippen LogP contribution >= 0.6 is 0 Å². The van der Waals surface area contributed by atoms with Crippen LogP contribution in [0.25, 0.3) is 11.1 Å². The lowest BCUT2D eigenvalue weighted by atomic mass is 9.98. The van der Waals surface area contributed by atoms with Gasteiger partial charge in [-0.15, -0.1) is 0 Å². The van der Waals surface area contributed by atoms with Crippen molar-refractivity contribution in [3.8, 4) is 11.1 Å². The van der Waals surface area contributed by atoms with E-state index in [1.54, 1.807) is 11.1 Å². The number of carbonyl (C=O) groups excluding carboxylic acids is 2. The summed E-state index contributed by atoms with van der Waals surface area (Å²) in [4.78, 5) is 26.3. The zero-order valence-electron chi connectivity index (χ0n) is 17.7. The number of amides is 2. The predicted octanol–water partition coefficient (Wildman–Crippen LogP) is 3.62. The number of likely N-dealkylation sites (tertiary alicyclic amines) is 1. The third-order valence-corrected chi connectivity index (χ3v) is 5.67. The molecule has 0 aliphatic carbocycles. The summed E-state index contributed by atoms with van der Waals surface area (Å²) in [5.41, 5.74) is 4.44. The van der Waals surface area contributed by atoms with E-state index in [1.807, 2.05) is 35.1 Å². The van der Waals surface area contributed by atoms with Crippen molar-refractivity contribution >= 4 is 11.8 Å². The molecule has 4 rings (SSSR count). The fraction of sp³-hybridized carbons (Fsp3) is 0.320. The smallest absolute Gasteiger partial charge is 0.239 e. The maximum absolute atomic E-state index is 12.5. The Kier molecular flexibility index (Phi) is 6.77. The topological polar surface area (TPSA) is 67.2 Å². The van der Waals surface area contributed by atoms with Gasteiger partial charge in [0.15, 0.2) is 0 Å². The van der Waals surface area contributed by atoms with Gasteiger partial charge in [0.2, 0.25) is 11.8 Å². The average Bonchev–Trinajstić information content (AvgIpc) is 3.22. The Labute approximate surface area is 182 Å². The highest BCUT2D eigenvalue weighted by Crippen LogP contribution is 2.24. The normalized spacial score (nSPS) is 14.3. The predicted molar refractivity (Wildman–Crippen MR) is 120 cm³/mol. The highest BCUT2D eigenvalue weighted by molar-refractivity contribution is 5.85. The molecular weight excluding hydrogens is 388 g/mol. The molecule has 1 aliphatic rings. The Morgan fingerprint density at radius 1 is 1.00 bits per heavy atom. The van der Waals surface area contributed by atoms with Crippen molar-refractivity contribution in [2.75, 3.05) is 13.1 Å². The number of hydrogen-bond donors (Lipinski definition) is 1. The maximum Gasteiger partial charge on any atom is 0.239 e. The molecule has 0 radical (unpaired) electrons. The van der Waals surface area contributed by atoms with E-state index in [-0.39, 0.29) is 18.4 Å². The van der Waals surface area contributed by atoms with Crippen LogP contribution < -0.4 is 5.32 Å². The van der Waals surface area contributed by atoms with Crippen molar-refractivity contribution in [1.29, 1.82) is 0 Å². The molecule has 1 N–H and O–H groups in total. The molecule has 0 unspecified atom stereocenters. The highest BCUT2D eigenvalue weighted by Gasteiger charge is 2.19. The summed E-state index contributed by atoms with van der Waals surface area (Å²) in [5.74, 6) is -0.0251. The number of carbonyl (C=O) groups is 2. The lowest BCUT2D eigenvalue weighted by Gasteiger charge is -2.20. The minimum atomic E-state index is -0.111. The Morgan fingerprint density at radius 3 is 2.65 bits per heavy atom. The number of benzene rings is 2. The minimum absolute atomic E-state index is 0.0863. The van der Waals surface area contributed by atoms with E-state index in [0.717, 1.165) is 42.5 Å². The molecule has 0 bridgehead atoms. The van der Waals surface area contributed by atoms with E-state index in [2.05, 4.69) is 40.7 Å². The van der Waals surface area contributed by atoms with Crippen LogP contribution in [0.1, 0.15) is 36.8 Å². The van der Waals surface area contributed by atoms with Crippen LogP contribution in [-0.4, -0.2) is 39.6 Å². The molecular formula is C25H28N4O2. The molecule has 0 saturated carbocycles. The van der Waals surface area contributed by atoms with Gasteiger partial charge in [-0.05, 0) is 41.2 Å². The number of nitrogens with one attached hydrogen (secondary N) is 1. The summed E-state index contributed by atoms with van der Waals surface area (Å²) in [6.45, 7) is 1.99. The van der Waals surface area contributed by atoms with Crippen molar-refractivity contribution in [2.24, 2.45) is 0 Å². The third kappa shape index (κ3) is 5.60. The Morgan fingerprint density at radius 2 is 1.84 bits per heavy atom. The first-order valence-electron chi connectivity index (χ1n) is 10.9. The lowest BCUT2D eigenvalue weighted by Crippen LogP contribution is -2.40. The van der Waals surface area contributed by atoms with Gasteiger partial charge in [-0.2, -0.15) is 5.10 Å². The molecule has 6 nitrogen and oxygen atoms in total. The van der Waals surface area contributed by atoms with Gasteiger partial charge in [0.1, 0.15) is 0 Å². The van der Waals surface area contributed by atoms with Crippen LogP contribution in [0, 0.1) is 0 Å². The molecule has 1 fully saturated rings. The summed E-state index contributed by atoms with van der Waals surface area (Å²) in [5, 5.41) is 7.24. The number of hydrogen-bond acceptors (Lipinski definition) is 3. The Balaban J connectivity index is 1.39. The van der Waals surface area contributed by atoms with Gasteiger partial charge < -0.3 is 10.2 Å². The minimum Gasteiger partial charge on any atom is -0.350 e. The monoisotopic (exact) mass is 416 g/mol. The zero-order valence-corrected chi connectivity index (χ0v) is 17.7. The van der Waals surface area contributed by atoms with E-state index < -0.39 is 0 Å². The van der Waals surface area contributed by atoms with Crippen molar-refractivity contribution in [1.82, 2.24) is 20.0 Å². The van der Waals surface area contributed by atoms with Crippen molar-refractivity contribution in [2.45, 2.75) is 38.8 Å². The standard InChI is InChI=1S/C25H28N4O2/c30-24(19-28-15-5-1-2-9-25(28)31)26-17-22-7-3-4-8-23(22)21-12-10-20(11-13-21)18-29-16-6-14-27-29/h3-4,6-8,10-14,16H,1-2,5,9,15,17-19H2,(H,26,30). The van der Waals surface area contributed by atoms with Crippen LogP contribution in [0.15, 0.2) is 67.0 Å². The second kappa shape index (κ2) is 10.1. The maximum atomic E-state index is 12.5. The first-order valence-corrected chi connectivity index (χ1v) is 10.9. The van der Waals surface area contributed by atoms with Crippen LogP contribution in [0.5, 0.6) is 0 Å². The largest absolute Gasteiger partial charge is 0.350 e. The van der Waals surface area contributed by atoms with E-state index in [9.17, 15) is 9.59 Å². The van der Waals surface area contributed by atoms with E-state index >= 15 is 0 Å². The van der Waals surface area contributed by atoms with Crippen LogP contribution in [0.4, 0.5) is 0 Å². The van der Waals surface area contributed by atoms with Gasteiger partial charge in [0.05, 0.1) is 13.1 Å². The third-order valence-electron chi connectivity index (χ3n) is 5.67. The fourth-order valence-corrected chi connectivity index (χ4v) is 3.96. The van der Waals surface area contributed by atoms with Crippen molar-refractivity contribution < 1.29 is 9.59 Å². The first-order chi connectivity index (χ1) is 15.2. The molecule has 2 amide bonds. The SMILES string of the molecule is O=C(CN1CCCCCC1=O)NCc1ccccc1-c1ccc(Cn2cccn2)cc1. The molecule has 160 valence electrons. The molecule has 31 heavy (non-hydrogen) atoms. The number of aromatic nitrogens is 2. The van der Waals surface area contributed by atoms with Gasteiger partial charge in [-0.25, -0.2) is 0 Å². The molecule has 1 aliphatic heterocycles. The summed E-state index contributed by atoms with van der Waals surface area (Å²) >= 11 is 0. The zero-order chi connectivity index (χ0) is 21.5. The summed E-state index contributed by atoms with van der Waals surface area (Å²) in [7, 11) is 0. The van der Waals surface area contributed by atoms with Gasteiger partial charge in [0.25, 0.3) is 0 Å². The van der Waals surface area contributed by atoms with Crippen LogP contribution in [0.3, 0.4) is 0 Å². The van der Waals surface area contributed by atoms with E-state index in [4.69, 9.17) is 0 Å². The summed E-state index contributed by atoms with van der Waals surface area (Å²) in [6.07, 6.45) is 7.22. The second-order valence-electron chi connectivity index (χ2n) is 7.96. The van der Waals surface area contributed by atoms with E-state index in [0.29, 0.717) is 19.5 Å². The van der Waals surface area contributed by atoms with Gasteiger partial charge in [0, 0.05) is 31.9 Å². The average molecular weight is 417 g/mol. The van der Waals surface area contributed by atoms with Crippen molar-refractivity contribution in [3.05, 3.63) is 78.1 Å². The Hall–Kier alpha value is -3.41.